The van der Waals surface area contributed by atoms with Gasteiger partial charge in [0.2, 0.25) is 0 Å². The van der Waals surface area contributed by atoms with Crippen molar-refractivity contribution >= 4 is 61.6 Å². The summed E-state index contributed by atoms with van der Waals surface area (Å²) in [4.78, 5) is 43.4. The topological polar surface area (TPSA) is 167 Å². The summed E-state index contributed by atoms with van der Waals surface area (Å²) in [5, 5.41) is 41.6. The summed E-state index contributed by atoms with van der Waals surface area (Å²) in [5.74, 6) is -6.12. The molecule has 0 saturated heterocycles. The van der Waals surface area contributed by atoms with Crippen LogP contribution in [0.15, 0.2) is 0 Å². The number of carbonyl (C=O) groups excluding carboxylic acids is 4. The van der Waals surface area contributed by atoms with Crippen LogP contribution in [0.1, 0.15) is 0 Å². The Bertz CT molecular complexity index is 327. The molecule has 0 spiro atoms. The summed E-state index contributed by atoms with van der Waals surface area (Å²) in [6, 6.07) is 0. The molecule has 0 aliphatic carbocycles. The molecule has 0 aromatic rings. The molecule has 0 N–H and O–H groups in total. The molecule has 0 saturated carbocycles. The van der Waals surface area contributed by atoms with Crippen LogP contribution in [-0.2, 0) is 36.2 Å². The molecule has 0 unspecified atom stereocenters. The molecule has 0 atom stereocenters. The fraction of sp³-hybridized carbons (Fsp3) is 0.600. The third kappa shape index (κ3) is 16.0. The van der Waals surface area contributed by atoms with Crippen LogP contribution in [0.3, 0.4) is 0 Å². The first-order chi connectivity index (χ1) is 9.20. The van der Waals surface area contributed by atoms with Gasteiger partial charge in [-0.1, -0.05) is 0 Å². The molecular formula is C10H12CaCuN2O8-. The van der Waals surface area contributed by atoms with Crippen molar-refractivity contribution < 1.29 is 56.7 Å². The molecule has 0 aliphatic heterocycles. The van der Waals surface area contributed by atoms with Crippen LogP contribution in [0.5, 0.6) is 0 Å². The largest absolute Gasteiger partial charge is 2.00 e. The van der Waals surface area contributed by atoms with Gasteiger partial charge in [-0.2, -0.15) is 0 Å². The Morgan fingerprint density at radius 1 is 0.591 bits per heavy atom. The van der Waals surface area contributed by atoms with Crippen molar-refractivity contribution in [2.24, 2.45) is 0 Å². The maximum atomic E-state index is 10.4. The maximum absolute atomic E-state index is 10.4. The molecule has 0 aromatic carbocycles. The van der Waals surface area contributed by atoms with Crippen molar-refractivity contribution in [2.45, 2.75) is 0 Å². The van der Waals surface area contributed by atoms with Gasteiger partial charge >= 0.3 is 54.8 Å². The average molecular weight is 392 g/mol. The summed E-state index contributed by atoms with van der Waals surface area (Å²) in [5.41, 5.74) is 0. The Morgan fingerprint density at radius 3 is 0.909 bits per heavy atom. The molecule has 0 bridgehead atoms. The van der Waals surface area contributed by atoms with Crippen LogP contribution in [-0.4, -0.2) is 111 Å². The van der Waals surface area contributed by atoms with Crippen molar-refractivity contribution in [2.75, 3.05) is 39.3 Å². The van der Waals surface area contributed by atoms with Crippen LogP contribution < -0.4 is 20.4 Å². The van der Waals surface area contributed by atoms with Crippen molar-refractivity contribution in [3.63, 3.8) is 0 Å². The molecule has 0 aromatic heterocycles. The second-order valence-corrected chi connectivity index (χ2v) is 3.91. The minimum Gasteiger partial charge on any atom is -0.549 e. The number of hydrogen-bond donors (Lipinski definition) is 0. The first-order valence-corrected chi connectivity index (χ1v) is 5.44. The monoisotopic (exact) mass is 391 g/mol. The number of carbonyl (C=O) groups is 4. The van der Waals surface area contributed by atoms with E-state index in [9.17, 15) is 39.6 Å². The summed E-state index contributed by atoms with van der Waals surface area (Å²) in [6.07, 6.45) is 0. The minimum absolute atomic E-state index is 0. The zero-order valence-corrected chi connectivity index (χ0v) is 14.6. The quantitative estimate of drug-likeness (QED) is 0.308. The molecule has 0 fully saturated rings. The third-order valence-corrected chi connectivity index (χ3v) is 2.14. The van der Waals surface area contributed by atoms with E-state index in [4.69, 9.17) is 0 Å². The predicted octanol–water partition coefficient (Wildman–Crippen LogP) is -7.79. The van der Waals surface area contributed by atoms with E-state index in [0.29, 0.717) is 0 Å². The zero-order chi connectivity index (χ0) is 15.7. The minimum atomic E-state index is -1.53. The molecule has 22 heavy (non-hydrogen) atoms. The second-order valence-electron chi connectivity index (χ2n) is 3.91. The summed E-state index contributed by atoms with van der Waals surface area (Å²) >= 11 is 0. The molecule has 0 rings (SSSR count). The van der Waals surface area contributed by atoms with E-state index in [1.807, 2.05) is 0 Å². The SMILES string of the molecule is O=C([O-])CN(CCN(CC(=O)[O-])CC(=O)[O-])CC(=O)[O-].[Ca+2].[Cu+]. The van der Waals surface area contributed by atoms with Crippen molar-refractivity contribution in [3.8, 4) is 0 Å². The van der Waals surface area contributed by atoms with Gasteiger partial charge in [-0.05, 0) is 0 Å². The number of aliphatic carboxylic acids is 4. The summed E-state index contributed by atoms with van der Waals surface area (Å²) < 4.78 is 0. The molecule has 10 nitrogen and oxygen atoms in total. The molecular weight excluding hydrogens is 380 g/mol. The van der Waals surface area contributed by atoms with E-state index in [2.05, 4.69) is 0 Å². The van der Waals surface area contributed by atoms with Crippen molar-refractivity contribution in [3.05, 3.63) is 0 Å². The summed E-state index contributed by atoms with van der Waals surface area (Å²) in [6.45, 7) is -3.25. The van der Waals surface area contributed by atoms with E-state index < -0.39 is 50.1 Å². The smallest absolute Gasteiger partial charge is 0.549 e. The van der Waals surface area contributed by atoms with Gasteiger partial charge in [-0.3, -0.25) is 9.80 Å². The number of nitrogens with zero attached hydrogens (tertiary/aromatic N) is 2. The molecule has 0 radical (unpaired) electrons. The van der Waals surface area contributed by atoms with Gasteiger partial charge in [-0.25, -0.2) is 0 Å². The zero-order valence-electron chi connectivity index (χ0n) is 11.4. The number of carboxylic acid groups (broad SMARTS) is 4. The van der Waals surface area contributed by atoms with E-state index in [-0.39, 0.29) is 67.9 Å². The normalized spacial score (nSPS) is 9.73. The number of rotatable bonds is 11. The van der Waals surface area contributed by atoms with Crippen molar-refractivity contribution in [1.82, 2.24) is 9.80 Å². The fourth-order valence-electron chi connectivity index (χ4n) is 1.44. The number of carboxylic acids is 4. The van der Waals surface area contributed by atoms with E-state index in [1.54, 1.807) is 0 Å². The van der Waals surface area contributed by atoms with Gasteiger partial charge < -0.3 is 39.6 Å². The first kappa shape index (κ1) is 26.5. The first-order valence-electron chi connectivity index (χ1n) is 5.44. The van der Waals surface area contributed by atoms with E-state index in [1.165, 1.54) is 0 Å². The van der Waals surface area contributed by atoms with Crippen LogP contribution in [0.2, 0.25) is 0 Å². The van der Waals surface area contributed by atoms with Gasteiger partial charge in [0.15, 0.2) is 0 Å². The maximum Gasteiger partial charge on any atom is 2.00 e. The Balaban J connectivity index is -0.00000180. The Kier molecular flexibility index (Phi) is 17.1. The molecule has 0 amide bonds. The molecule has 0 aliphatic rings. The van der Waals surface area contributed by atoms with Crippen molar-refractivity contribution in [1.29, 1.82) is 0 Å². The fourth-order valence-corrected chi connectivity index (χ4v) is 1.44. The second kappa shape index (κ2) is 14.2. The van der Waals surface area contributed by atoms with Gasteiger partial charge in [-0.15, -0.1) is 0 Å². The van der Waals surface area contributed by atoms with Gasteiger partial charge in [0.25, 0.3) is 0 Å². The third-order valence-electron chi connectivity index (χ3n) is 2.14. The van der Waals surface area contributed by atoms with Gasteiger partial charge in [0, 0.05) is 39.3 Å². The van der Waals surface area contributed by atoms with Crippen LogP contribution in [0, 0.1) is 0 Å². The standard InChI is InChI=1S/C10H16N2O8.Ca.Cu/c13-7(14)3-11(4-8(15)16)1-2-12(5-9(17)18)6-10(19)20;;/h1-6H2,(H,13,14)(H,15,16)(H,17,18)(H,19,20);;/q;+2;+1/p-4. The average Bonchev–Trinajstić information content (AvgIpc) is 2.22. The van der Waals surface area contributed by atoms with Crippen LogP contribution in [0.25, 0.3) is 0 Å². The Morgan fingerprint density at radius 2 is 0.773 bits per heavy atom. The van der Waals surface area contributed by atoms with Crippen LogP contribution in [0.4, 0.5) is 0 Å². The molecule has 12 heteroatoms. The van der Waals surface area contributed by atoms with Gasteiger partial charge in [0.1, 0.15) is 0 Å². The summed E-state index contributed by atoms with van der Waals surface area (Å²) in [7, 11) is 0. The Labute approximate surface area is 166 Å². The van der Waals surface area contributed by atoms with Gasteiger partial charge in [0.05, 0.1) is 23.9 Å². The number of hydrogen-bond acceptors (Lipinski definition) is 10. The van der Waals surface area contributed by atoms with Crippen LogP contribution >= 0.6 is 0 Å². The van der Waals surface area contributed by atoms with E-state index >= 15 is 0 Å². The molecule has 124 valence electrons. The predicted molar refractivity (Wildman–Crippen MR) is 58.7 cm³/mol. The molecule has 0 heterocycles. The Hall–Kier alpha value is -0.421. The van der Waals surface area contributed by atoms with E-state index in [0.717, 1.165) is 9.80 Å².